The number of piperazine rings is 1. The van der Waals surface area contributed by atoms with Crippen LogP contribution in [0.3, 0.4) is 0 Å². The van der Waals surface area contributed by atoms with Gasteiger partial charge in [0.2, 0.25) is 15.9 Å². The molecular weight excluding hydrogens is 583 g/mol. The Morgan fingerprint density at radius 3 is 2.48 bits per heavy atom. The predicted molar refractivity (Wildman–Crippen MR) is 151 cm³/mol. The van der Waals surface area contributed by atoms with Gasteiger partial charge in [-0.25, -0.2) is 22.9 Å². The second kappa shape index (κ2) is 14.5. The van der Waals surface area contributed by atoms with Crippen LogP contribution in [-0.4, -0.2) is 92.7 Å². The van der Waals surface area contributed by atoms with Crippen LogP contribution in [0.4, 0.5) is 4.79 Å². The van der Waals surface area contributed by atoms with Crippen LogP contribution >= 0.6 is 23.2 Å². The van der Waals surface area contributed by atoms with Gasteiger partial charge in [-0.1, -0.05) is 42.3 Å². The maximum absolute atomic E-state index is 13.1. The molecule has 15 heteroatoms. The molecule has 0 bridgehead atoms. The summed E-state index contributed by atoms with van der Waals surface area (Å²) in [7, 11) is -3.61. The Kier molecular flexibility index (Phi) is 11.4. The minimum Gasteiger partial charge on any atom is -0.463 e. The summed E-state index contributed by atoms with van der Waals surface area (Å²) in [5.74, 6) is -0.336. The van der Waals surface area contributed by atoms with Crippen molar-refractivity contribution in [1.82, 2.24) is 30.1 Å². The lowest BCUT2D eigenvalue weighted by atomic mass is 10.1. The van der Waals surface area contributed by atoms with E-state index < -0.39 is 22.2 Å². The van der Waals surface area contributed by atoms with Crippen LogP contribution in [-0.2, 0) is 21.4 Å². The number of carbonyl (C=O) groups excluding carboxylic acids is 3. The van der Waals surface area contributed by atoms with E-state index in [1.165, 1.54) is 12.3 Å². The average Bonchev–Trinajstić information content (AvgIpc) is 2.90. The molecule has 1 aromatic carbocycles. The lowest BCUT2D eigenvalue weighted by Crippen LogP contribution is -2.50. The fourth-order valence-corrected chi connectivity index (χ4v) is 4.79. The molecule has 218 valence electrons. The van der Waals surface area contributed by atoms with Crippen LogP contribution in [0.25, 0.3) is 0 Å². The number of hydrogen-bond donors (Lipinski definition) is 3. The fraction of sp³-hybridized carbons (Fsp3) is 0.440. The minimum absolute atomic E-state index is 0.114. The lowest BCUT2D eigenvalue weighted by molar-refractivity contribution is -0.128. The van der Waals surface area contributed by atoms with E-state index in [0.29, 0.717) is 49.7 Å². The number of carbonyl (C=O) groups is 3. The Morgan fingerprint density at radius 2 is 1.82 bits per heavy atom. The molecule has 4 amide bonds. The van der Waals surface area contributed by atoms with Crippen molar-refractivity contribution in [3.8, 4) is 5.88 Å². The number of sulfonamides is 1. The highest BCUT2D eigenvalue weighted by molar-refractivity contribution is 7.89. The number of ether oxygens (including phenoxy) is 1. The molecule has 3 N–H and O–H groups in total. The van der Waals surface area contributed by atoms with Gasteiger partial charge in [-0.2, -0.15) is 0 Å². The van der Waals surface area contributed by atoms with E-state index in [9.17, 15) is 22.8 Å². The minimum atomic E-state index is -3.61. The third kappa shape index (κ3) is 9.81. The summed E-state index contributed by atoms with van der Waals surface area (Å²) in [6.45, 7) is 5.05. The average molecular weight is 616 g/mol. The number of hydrogen-bond acceptors (Lipinski definition) is 8. The molecule has 0 unspecified atom stereocenters. The van der Waals surface area contributed by atoms with Crippen molar-refractivity contribution in [1.29, 1.82) is 0 Å². The number of pyridine rings is 1. The molecule has 40 heavy (non-hydrogen) atoms. The number of aromatic nitrogens is 1. The van der Waals surface area contributed by atoms with Crippen molar-refractivity contribution < 1.29 is 27.5 Å². The van der Waals surface area contributed by atoms with Gasteiger partial charge in [0.1, 0.15) is 5.02 Å². The normalized spacial score (nSPS) is 14.8. The van der Waals surface area contributed by atoms with Crippen LogP contribution in [0.1, 0.15) is 29.3 Å². The van der Waals surface area contributed by atoms with Crippen molar-refractivity contribution in [2.75, 3.05) is 45.5 Å². The van der Waals surface area contributed by atoms with Gasteiger partial charge in [0, 0.05) is 57.6 Å². The van der Waals surface area contributed by atoms with E-state index >= 15 is 0 Å². The largest absolute Gasteiger partial charge is 0.463 e. The summed E-state index contributed by atoms with van der Waals surface area (Å²) in [6, 6.07) is 7.79. The first-order valence-corrected chi connectivity index (χ1v) is 15.2. The molecule has 0 radical (unpaired) electrons. The Hall–Kier alpha value is -3.13. The molecule has 1 saturated heterocycles. The highest BCUT2D eigenvalue weighted by Crippen LogP contribution is 2.26. The predicted octanol–water partition coefficient (Wildman–Crippen LogP) is 1.88. The molecule has 3 rings (SSSR count). The molecule has 1 aliphatic rings. The van der Waals surface area contributed by atoms with Crippen LogP contribution in [0.2, 0.25) is 10.0 Å². The first-order chi connectivity index (χ1) is 18.9. The summed E-state index contributed by atoms with van der Waals surface area (Å²) in [5.41, 5.74) is 1.27. The van der Waals surface area contributed by atoms with Crippen LogP contribution < -0.4 is 20.1 Å². The molecule has 1 aromatic heterocycles. The highest BCUT2D eigenvalue weighted by Gasteiger charge is 2.23. The van der Waals surface area contributed by atoms with Crippen molar-refractivity contribution in [2.24, 2.45) is 0 Å². The molecule has 2 aromatic rings. The zero-order valence-corrected chi connectivity index (χ0v) is 24.5. The summed E-state index contributed by atoms with van der Waals surface area (Å²) in [5, 5.41) is 5.90. The van der Waals surface area contributed by atoms with Crippen LogP contribution in [0, 0.1) is 0 Å². The van der Waals surface area contributed by atoms with Gasteiger partial charge in [-0.15, -0.1) is 0 Å². The van der Waals surface area contributed by atoms with E-state index in [4.69, 9.17) is 27.9 Å². The first-order valence-electron chi connectivity index (χ1n) is 12.6. The number of halogens is 2. The van der Waals surface area contributed by atoms with Gasteiger partial charge in [0.25, 0.3) is 11.8 Å². The first kappa shape index (κ1) is 31.4. The van der Waals surface area contributed by atoms with Gasteiger partial charge in [-0.3, -0.25) is 14.5 Å². The summed E-state index contributed by atoms with van der Waals surface area (Å²) in [4.78, 5) is 45.2. The quantitative estimate of drug-likeness (QED) is 0.347. The van der Waals surface area contributed by atoms with Crippen LogP contribution in [0.5, 0.6) is 5.88 Å². The Balaban J connectivity index is 1.46. The number of benzene rings is 1. The molecule has 0 spiro atoms. The number of rotatable bonds is 11. The van der Waals surface area contributed by atoms with Gasteiger partial charge >= 0.3 is 6.03 Å². The second-order valence-corrected chi connectivity index (χ2v) is 11.7. The SMILES string of the molecule is CC[C@@H](Oc1ncc(Cl)cc1Cl)C(=O)NCc1cccc(C(=O)N2CCN(CCNC(=O)NS(C)(=O)=O)CC2)c1. The number of urea groups is 1. The summed E-state index contributed by atoms with van der Waals surface area (Å²) in [6.07, 6.45) is 1.87. The number of amides is 4. The Labute approximate surface area is 243 Å². The van der Waals surface area contributed by atoms with Crippen molar-refractivity contribution in [3.05, 3.63) is 57.7 Å². The van der Waals surface area contributed by atoms with E-state index in [-0.39, 0.29) is 35.8 Å². The molecule has 0 aliphatic carbocycles. The maximum Gasteiger partial charge on any atom is 0.328 e. The van der Waals surface area contributed by atoms with E-state index in [2.05, 4.69) is 20.5 Å². The van der Waals surface area contributed by atoms with Crippen molar-refractivity contribution in [2.45, 2.75) is 26.0 Å². The zero-order chi connectivity index (χ0) is 29.3. The third-order valence-electron chi connectivity index (χ3n) is 5.98. The summed E-state index contributed by atoms with van der Waals surface area (Å²) < 4.78 is 29.7. The molecule has 0 saturated carbocycles. The smallest absolute Gasteiger partial charge is 0.328 e. The van der Waals surface area contributed by atoms with Gasteiger partial charge in [0.05, 0.1) is 11.3 Å². The topological polar surface area (TPSA) is 150 Å². The molecule has 1 atom stereocenters. The van der Waals surface area contributed by atoms with E-state index in [1.54, 1.807) is 30.0 Å². The highest BCUT2D eigenvalue weighted by atomic mass is 35.5. The van der Waals surface area contributed by atoms with Gasteiger partial charge < -0.3 is 20.3 Å². The maximum atomic E-state index is 13.1. The molecule has 1 aliphatic heterocycles. The van der Waals surface area contributed by atoms with Gasteiger partial charge in [-0.05, 0) is 30.2 Å². The standard InChI is InChI=1S/C25H32Cl2N6O6S/c1-3-21(39-23-20(27)14-19(26)16-30-23)22(34)29-15-17-5-4-6-18(13-17)24(35)33-11-9-32(10-12-33)8-7-28-25(36)31-40(2,37)38/h4-6,13-14,16,21H,3,7-12,15H2,1-2H3,(H,29,34)(H2,28,31,36)/t21-/m1/s1. The summed E-state index contributed by atoms with van der Waals surface area (Å²) >= 11 is 12.0. The fourth-order valence-electron chi connectivity index (χ4n) is 3.95. The molecule has 2 heterocycles. The van der Waals surface area contributed by atoms with Crippen molar-refractivity contribution >= 4 is 51.1 Å². The Morgan fingerprint density at radius 1 is 1.10 bits per heavy atom. The zero-order valence-electron chi connectivity index (χ0n) is 22.2. The van der Waals surface area contributed by atoms with E-state index in [0.717, 1.165) is 11.8 Å². The van der Waals surface area contributed by atoms with Gasteiger partial charge in [0.15, 0.2) is 6.10 Å². The van der Waals surface area contributed by atoms with E-state index in [1.807, 2.05) is 10.8 Å². The van der Waals surface area contributed by atoms with Crippen LogP contribution in [0.15, 0.2) is 36.5 Å². The molecular formula is C25H32Cl2N6O6S. The lowest BCUT2D eigenvalue weighted by Gasteiger charge is -2.34. The van der Waals surface area contributed by atoms with Crippen molar-refractivity contribution in [3.63, 3.8) is 0 Å². The molecule has 12 nitrogen and oxygen atoms in total. The Bertz CT molecular complexity index is 1320. The molecule has 1 fully saturated rings. The second-order valence-electron chi connectivity index (χ2n) is 9.14. The number of nitrogens with one attached hydrogen (secondary N) is 3. The monoisotopic (exact) mass is 614 g/mol. The number of nitrogens with zero attached hydrogens (tertiary/aromatic N) is 3. The third-order valence-corrected chi connectivity index (χ3v) is 7.02.